The van der Waals surface area contributed by atoms with Crippen molar-refractivity contribution >= 4 is 17.6 Å². The van der Waals surface area contributed by atoms with E-state index in [0.29, 0.717) is 5.69 Å². The Morgan fingerprint density at radius 2 is 1.71 bits per heavy atom. The first kappa shape index (κ1) is 13.2. The van der Waals surface area contributed by atoms with E-state index in [0.717, 1.165) is 0 Å². The van der Waals surface area contributed by atoms with E-state index in [9.17, 15) is 9.59 Å². The van der Waals surface area contributed by atoms with Crippen molar-refractivity contribution in [3.63, 3.8) is 0 Å². The Morgan fingerprint density at radius 3 is 2.12 bits per heavy atom. The number of amides is 1. The minimum Gasteiger partial charge on any atom is -0.480 e. The molecule has 0 aliphatic heterocycles. The summed E-state index contributed by atoms with van der Waals surface area (Å²) in [6.07, 6.45) is 0. The number of carbonyl (C=O) groups excluding carboxylic acids is 1. The summed E-state index contributed by atoms with van der Waals surface area (Å²) in [5, 5.41) is 8.87. The zero-order chi connectivity index (χ0) is 13.1. The van der Waals surface area contributed by atoms with Gasteiger partial charge in [0, 0.05) is 11.1 Å². The number of hydrogen-bond acceptors (Lipinski definition) is 2. The van der Waals surface area contributed by atoms with Gasteiger partial charge in [0.2, 0.25) is 5.91 Å². The fraction of sp³-hybridized carbons (Fsp3) is 0.385. The summed E-state index contributed by atoms with van der Waals surface area (Å²) in [5.74, 6) is -1.22. The van der Waals surface area contributed by atoms with E-state index in [2.05, 4.69) is 0 Å². The minimum absolute atomic E-state index is 0.203. The van der Waals surface area contributed by atoms with Gasteiger partial charge in [-0.25, -0.2) is 0 Å². The molecule has 0 aliphatic rings. The highest BCUT2D eigenvalue weighted by Crippen LogP contribution is 2.22. The van der Waals surface area contributed by atoms with Crippen LogP contribution in [0.3, 0.4) is 0 Å². The molecular formula is C13H17NO3. The van der Waals surface area contributed by atoms with Crippen molar-refractivity contribution < 1.29 is 14.7 Å². The zero-order valence-electron chi connectivity index (χ0n) is 10.3. The van der Waals surface area contributed by atoms with Gasteiger partial charge in [-0.3, -0.25) is 9.59 Å². The van der Waals surface area contributed by atoms with Gasteiger partial charge >= 0.3 is 5.97 Å². The number of carboxylic acids is 1. The Balaban J connectivity index is 3.05. The zero-order valence-corrected chi connectivity index (χ0v) is 10.3. The molecule has 0 fully saturated rings. The van der Waals surface area contributed by atoms with Gasteiger partial charge in [-0.2, -0.15) is 0 Å². The molecule has 1 rings (SSSR count). The van der Waals surface area contributed by atoms with Crippen molar-refractivity contribution in [1.29, 1.82) is 0 Å². The molecule has 0 saturated heterocycles. The first-order valence-corrected chi connectivity index (χ1v) is 5.41. The van der Waals surface area contributed by atoms with E-state index in [1.54, 1.807) is 45.0 Å². The van der Waals surface area contributed by atoms with E-state index in [1.165, 1.54) is 4.90 Å². The Kier molecular flexibility index (Phi) is 3.89. The van der Waals surface area contributed by atoms with Gasteiger partial charge in [-0.1, -0.05) is 39.0 Å². The van der Waals surface area contributed by atoms with Crippen LogP contribution in [0.5, 0.6) is 0 Å². The molecule has 0 aromatic heterocycles. The van der Waals surface area contributed by atoms with Crippen LogP contribution >= 0.6 is 0 Å². The Morgan fingerprint density at radius 1 is 1.18 bits per heavy atom. The average molecular weight is 235 g/mol. The molecule has 0 radical (unpaired) electrons. The summed E-state index contributed by atoms with van der Waals surface area (Å²) in [7, 11) is 0. The van der Waals surface area contributed by atoms with Gasteiger partial charge in [0.25, 0.3) is 0 Å². The average Bonchev–Trinajstić information content (AvgIpc) is 2.24. The molecule has 0 atom stereocenters. The first-order chi connectivity index (χ1) is 7.82. The Bertz CT molecular complexity index is 406. The summed E-state index contributed by atoms with van der Waals surface area (Å²) < 4.78 is 0. The number of anilines is 1. The van der Waals surface area contributed by atoms with Gasteiger partial charge in [-0.05, 0) is 12.1 Å². The summed E-state index contributed by atoms with van der Waals surface area (Å²) in [5.41, 5.74) is 0.000458. The third-order valence-corrected chi connectivity index (χ3v) is 2.25. The molecule has 92 valence electrons. The van der Waals surface area contributed by atoms with Crippen molar-refractivity contribution in [2.45, 2.75) is 20.8 Å². The van der Waals surface area contributed by atoms with Gasteiger partial charge in [0.05, 0.1) is 0 Å². The normalized spacial score (nSPS) is 11.0. The number of benzene rings is 1. The molecule has 0 heterocycles. The standard InChI is InChI=1S/C13H17NO3/c1-13(2,3)12(17)14(9-11(15)16)10-7-5-4-6-8-10/h4-8H,9H2,1-3H3,(H,15,16). The summed E-state index contributed by atoms with van der Waals surface area (Å²) in [6.45, 7) is 4.99. The molecule has 4 heteroatoms. The van der Waals surface area contributed by atoms with Crippen LogP contribution in [0.1, 0.15) is 20.8 Å². The van der Waals surface area contributed by atoms with Crippen molar-refractivity contribution in [2.24, 2.45) is 5.41 Å². The summed E-state index contributed by atoms with van der Waals surface area (Å²) in [4.78, 5) is 24.3. The Hall–Kier alpha value is -1.84. The van der Waals surface area contributed by atoms with Gasteiger partial charge in [-0.15, -0.1) is 0 Å². The van der Waals surface area contributed by atoms with E-state index in [-0.39, 0.29) is 12.5 Å². The molecular weight excluding hydrogens is 218 g/mol. The topological polar surface area (TPSA) is 57.6 Å². The molecule has 0 saturated carbocycles. The van der Waals surface area contributed by atoms with E-state index < -0.39 is 11.4 Å². The first-order valence-electron chi connectivity index (χ1n) is 5.41. The molecule has 4 nitrogen and oxygen atoms in total. The van der Waals surface area contributed by atoms with Crippen LogP contribution in [0.25, 0.3) is 0 Å². The van der Waals surface area contributed by atoms with Gasteiger partial charge in [0.15, 0.2) is 0 Å². The van der Waals surface area contributed by atoms with Crippen molar-refractivity contribution in [2.75, 3.05) is 11.4 Å². The van der Waals surface area contributed by atoms with Crippen molar-refractivity contribution in [1.82, 2.24) is 0 Å². The van der Waals surface area contributed by atoms with E-state index >= 15 is 0 Å². The number of hydrogen-bond donors (Lipinski definition) is 1. The second-order valence-electron chi connectivity index (χ2n) is 4.87. The number of para-hydroxylation sites is 1. The molecule has 1 N–H and O–H groups in total. The van der Waals surface area contributed by atoms with Gasteiger partial charge < -0.3 is 10.0 Å². The highest BCUT2D eigenvalue weighted by Gasteiger charge is 2.29. The Labute approximate surface area is 101 Å². The smallest absolute Gasteiger partial charge is 0.323 e. The highest BCUT2D eigenvalue weighted by atomic mass is 16.4. The molecule has 0 bridgehead atoms. The lowest BCUT2D eigenvalue weighted by Gasteiger charge is -2.28. The fourth-order valence-corrected chi connectivity index (χ4v) is 1.43. The van der Waals surface area contributed by atoms with Crippen LogP contribution < -0.4 is 4.90 Å². The number of aliphatic carboxylic acids is 1. The van der Waals surface area contributed by atoms with Crippen LogP contribution in [-0.4, -0.2) is 23.5 Å². The predicted octanol–water partition coefficient (Wildman–Crippen LogP) is 2.15. The van der Waals surface area contributed by atoms with Crippen molar-refractivity contribution in [3.05, 3.63) is 30.3 Å². The molecule has 0 aliphatic carbocycles. The molecule has 0 spiro atoms. The lowest BCUT2D eigenvalue weighted by Crippen LogP contribution is -2.42. The van der Waals surface area contributed by atoms with Crippen LogP contribution in [0.15, 0.2) is 30.3 Å². The second kappa shape index (κ2) is 4.99. The monoisotopic (exact) mass is 235 g/mol. The van der Waals surface area contributed by atoms with Crippen LogP contribution in [0, 0.1) is 5.41 Å². The van der Waals surface area contributed by atoms with Crippen LogP contribution in [0.4, 0.5) is 5.69 Å². The van der Waals surface area contributed by atoms with E-state index in [4.69, 9.17) is 5.11 Å². The largest absolute Gasteiger partial charge is 0.480 e. The molecule has 1 amide bonds. The lowest BCUT2D eigenvalue weighted by molar-refractivity contribution is -0.137. The SMILES string of the molecule is CC(C)(C)C(=O)N(CC(=O)O)c1ccccc1. The van der Waals surface area contributed by atoms with Crippen LogP contribution in [-0.2, 0) is 9.59 Å². The summed E-state index contributed by atoms with van der Waals surface area (Å²) >= 11 is 0. The third-order valence-electron chi connectivity index (χ3n) is 2.25. The lowest BCUT2D eigenvalue weighted by atomic mass is 9.94. The molecule has 1 aromatic rings. The number of carbonyl (C=O) groups is 2. The molecule has 0 unspecified atom stereocenters. The van der Waals surface area contributed by atoms with E-state index in [1.807, 2.05) is 6.07 Å². The maximum atomic E-state index is 12.2. The quantitative estimate of drug-likeness (QED) is 0.873. The molecule has 1 aromatic carbocycles. The number of carboxylic acid groups (broad SMARTS) is 1. The summed E-state index contributed by atoms with van der Waals surface area (Å²) in [6, 6.07) is 8.84. The fourth-order valence-electron chi connectivity index (χ4n) is 1.43. The number of nitrogens with zero attached hydrogens (tertiary/aromatic N) is 1. The maximum Gasteiger partial charge on any atom is 0.323 e. The minimum atomic E-state index is -1.02. The van der Waals surface area contributed by atoms with Crippen LogP contribution in [0.2, 0.25) is 0 Å². The maximum absolute atomic E-state index is 12.2. The second-order valence-corrected chi connectivity index (χ2v) is 4.87. The number of rotatable bonds is 3. The third kappa shape index (κ3) is 3.59. The molecule has 17 heavy (non-hydrogen) atoms. The van der Waals surface area contributed by atoms with Gasteiger partial charge in [0.1, 0.15) is 6.54 Å². The highest BCUT2D eigenvalue weighted by molar-refractivity contribution is 6.00. The van der Waals surface area contributed by atoms with Crippen molar-refractivity contribution in [3.8, 4) is 0 Å². The predicted molar refractivity (Wildman–Crippen MR) is 65.9 cm³/mol.